The first-order chi connectivity index (χ1) is 9.63. The maximum Gasteiger partial charge on any atom is 0.256 e. The van der Waals surface area contributed by atoms with Crippen LogP contribution in [-0.4, -0.2) is 17.9 Å². The third-order valence-electron chi connectivity index (χ3n) is 3.03. The van der Waals surface area contributed by atoms with Gasteiger partial charge < -0.3 is 10.3 Å². The highest BCUT2D eigenvalue weighted by atomic mass is 79.9. The van der Waals surface area contributed by atoms with Crippen LogP contribution in [0.2, 0.25) is 0 Å². The Morgan fingerprint density at radius 2 is 1.85 bits per heavy atom. The third-order valence-corrected chi connectivity index (χ3v) is 3.80. The Balaban J connectivity index is 2.19. The molecular weight excluding hydrogens is 318 g/mol. The third kappa shape index (κ3) is 3.18. The van der Waals surface area contributed by atoms with Crippen molar-refractivity contribution < 1.29 is 4.79 Å². The van der Waals surface area contributed by atoms with E-state index in [1.165, 1.54) is 0 Å². The van der Waals surface area contributed by atoms with Crippen molar-refractivity contribution >= 4 is 27.5 Å². The van der Waals surface area contributed by atoms with Crippen LogP contribution < -0.4 is 11.3 Å². The van der Waals surface area contributed by atoms with Gasteiger partial charge in [0, 0.05) is 18.1 Å². The summed E-state index contributed by atoms with van der Waals surface area (Å²) in [5.74, 6) is 5.36. The first-order valence-corrected chi connectivity index (χ1v) is 6.97. The SMILES string of the molecule is CN(Cc1ccccc1Br)C(=O)c1ccccc1NN. The van der Waals surface area contributed by atoms with Crippen LogP contribution in [0.5, 0.6) is 0 Å². The number of hydrogen-bond acceptors (Lipinski definition) is 3. The molecule has 1 amide bonds. The molecule has 0 atom stereocenters. The predicted molar refractivity (Wildman–Crippen MR) is 84.2 cm³/mol. The minimum Gasteiger partial charge on any atom is -0.337 e. The van der Waals surface area contributed by atoms with Gasteiger partial charge in [0.15, 0.2) is 0 Å². The van der Waals surface area contributed by atoms with E-state index in [0.717, 1.165) is 10.0 Å². The number of halogens is 1. The Labute approximate surface area is 126 Å². The van der Waals surface area contributed by atoms with Crippen LogP contribution in [0.25, 0.3) is 0 Å². The molecule has 0 heterocycles. The highest BCUT2D eigenvalue weighted by Gasteiger charge is 2.15. The minimum absolute atomic E-state index is 0.0747. The molecule has 3 N–H and O–H groups in total. The Morgan fingerprint density at radius 1 is 1.20 bits per heavy atom. The number of rotatable bonds is 4. The number of para-hydroxylation sites is 1. The molecule has 0 radical (unpaired) electrons. The number of hydrazine groups is 1. The number of carbonyl (C=O) groups excluding carboxylic acids is 1. The fraction of sp³-hybridized carbons (Fsp3) is 0.133. The first kappa shape index (κ1) is 14.6. The second-order valence-corrected chi connectivity index (χ2v) is 5.30. The van der Waals surface area contributed by atoms with Gasteiger partial charge in [0.05, 0.1) is 11.3 Å². The zero-order chi connectivity index (χ0) is 14.5. The van der Waals surface area contributed by atoms with E-state index in [9.17, 15) is 4.79 Å². The standard InChI is InChI=1S/C15H16BrN3O/c1-19(10-11-6-2-4-8-13(11)16)15(20)12-7-3-5-9-14(12)18-17/h2-9,18H,10,17H2,1H3. The lowest BCUT2D eigenvalue weighted by atomic mass is 10.1. The smallest absolute Gasteiger partial charge is 0.256 e. The number of carbonyl (C=O) groups is 1. The van der Waals surface area contributed by atoms with Crippen molar-refractivity contribution in [2.75, 3.05) is 12.5 Å². The molecule has 0 aromatic heterocycles. The van der Waals surface area contributed by atoms with Gasteiger partial charge in [-0.2, -0.15) is 0 Å². The summed E-state index contributed by atoms with van der Waals surface area (Å²) in [6.45, 7) is 0.527. The molecule has 5 heteroatoms. The topological polar surface area (TPSA) is 58.4 Å². The number of amides is 1. The highest BCUT2D eigenvalue weighted by molar-refractivity contribution is 9.10. The fourth-order valence-corrected chi connectivity index (χ4v) is 2.37. The largest absolute Gasteiger partial charge is 0.337 e. The van der Waals surface area contributed by atoms with Gasteiger partial charge in [-0.1, -0.05) is 46.3 Å². The molecule has 0 spiro atoms. The molecule has 0 aliphatic rings. The van der Waals surface area contributed by atoms with Crippen molar-refractivity contribution in [2.45, 2.75) is 6.54 Å². The molecule has 0 aliphatic carbocycles. The Hall–Kier alpha value is -1.85. The maximum absolute atomic E-state index is 12.5. The molecule has 0 fully saturated rings. The minimum atomic E-state index is -0.0747. The monoisotopic (exact) mass is 333 g/mol. The Kier molecular flexibility index (Phi) is 4.76. The van der Waals surface area contributed by atoms with E-state index in [4.69, 9.17) is 5.84 Å². The summed E-state index contributed by atoms with van der Waals surface area (Å²) in [4.78, 5) is 14.1. The summed E-state index contributed by atoms with van der Waals surface area (Å²) in [7, 11) is 1.77. The van der Waals surface area contributed by atoms with Crippen LogP contribution in [-0.2, 0) is 6.54 Å². The highest BCUT2D eigenvalue weighted by Crippen LogP contribution is 2.20. The Morgan fingerprint density at radius 3 is 2.55 bits per heavy atom. The maximum atomic E-state index is 12.5. The van der Waals surface area contributed by atoms with Gasteiger partial charge in [-0.15, -0.1) is 0 Å². The number of nitrogens with one attached hydrogen (secondary N) is 1. The predicted octanol–water partition coefficient (Wildman–Crippen LogP) is 3.01. The molecule has 0 saturated heterocycles. The number of nitrogens with zero attached hydrogens (tertiary/aromatic N) is 1. The van der Waals surface area contributed by atoms with Gasteiger partial charge in [0.2, 0.25) is 0 Å². The van der Waals surface area contributed by atoms with Gasteiger partial charge in [-0.3, -0.25) is 10.6 Å². The zero-order valence-corrected chi connectivity index (χ0v) is 12.7. The molecule has 0 aliphatic heterocycles. The summed E-state index contributed by atoms with van der Waals surface area (Å²) in [5, 5.41) is 0. The number of anilines is 1. The second kappa shape index (κ2) is 6.54. The number of nitrogens with two attached hydrogens (primary N) is 1. The van der Waals surface area contributed by atoms with E-state index in [1.807, 2.05) is 36.4 Å². The van der Waals surface area contributed by atoms with E-state index < -0.39 is 0 Å². The molecule has 2 aromatic carbocycles. The van der Waals surface area contributed by atoms with Gasteiger partial charge in [0.1, 0.15) is 0 Å². The fourth-order valence-electron chi connectivity index (χ4n) is 1.96. The van der Waals surface area contributed by atoms with Crippen molar-refractivity contribution in [3.05, 3.63) is 64.1 Å². The van der Waals surface area contributed by atoms with Crippen molar-refractivity contribution in [3.63, 3.8) is 0 Å². The van der Waals surface area contributed by atoms with Gasteiger partial charge in [-0.25, -0.2) is 0 Å². The van der Waals surface area contributed by atoms with E-state index in [2.05, 4.69) is 21.4 Å². The van der Waals surface area contributed by atoms with E-state index >= 15 is 0 Å². The average molecular weight is 334 g/mol. The van der Waals surface area contributed by atoms with E-state index in [1.54, 1.807) is 24.1 Å². The van der Waals surface area contributed by atoms with Crippen molar-refractivity contribution in [1.29, 1.82) is 0 Å². The molecule has 0 bridgehead atoms. The molecule has 0 unspecified atom stereocenters. The van der Waals surface area contributed by atoms with Crippen LogP contribution in [0, 0.1) is 0 Å². The zero-order valence-electron chi connectivity index (χ0n) is 11.1. The molecule has 0 saturated carbocycles. The van der Waals surface area contributed by atoms with Gasteiger partial charge in [0.25, 0.3) is 5.91 Å². The number of benzene rings is 2. The average Bonchev–Trinajstić information content (AvgIpc) is 2.48. The second-order valence-electron chi connectivity index (χ2n) is 4.44. The van der Waals surface area contributed by atoms with Crippen LogP contribution in [0.1, 0.15) is 15.9 Å². The molecule has 104 valence electrons. The van der Waals surface area contributed by atoms with Crippen LogP contribution in [0.15, 0.2) is 53.0 Å². The van der Waals surface area contributed by atoms with E-state index in [-0.39, 0.29) is 5.91 Å². The number of nitrogen functional groups attached to an aromatic ring is 1. The normalized spacial score (nSPS) is 10.2. The van der Waals surface area contributed by atoms with E-state index in [0.29, 0.717) is 17.8 Å². The lowest BCUT2D eigenvalue weighted by molar-refractivity contribution is 0.0786. The molecular formula is C15H16BrN3O. The van der Waals surface area contributed by atoms with Gasteiger partial charge >= 0.3 is 0 Å². The lowest BCUT2D eigenvalue weighted by Crippen LogP contribution is -2.27. The van der Waals surface area contributed by atoms with Crippen molar-refractivity contribution in [2.24, 2.45) is 5.84 Å². The molecule has 20 heavy (non-hydrogen) atoms. The summed E-state index contributed by atoms with van der Waals surface area (Å²) in [5.41, 5.74) is 4.79. The lowest BCUT2D eigenvalue weighted by Gasteiger charge is -2.19. The summed E-state index contributed by atoms with van der Waals surface area (Å²) in [6, 6.07) is 15.0. The van der Waals surface area contributed by atoms with Crippen molar-refractivity contribution in [3.8, 4) is 0 Å². The molecule has 2 aromatic rings. The Bertz CT molecular complexity index is 616. The summed E-state index contributed by atoms with van der Waals surface area (Å²) >= 11 is 3.49. The van der Waals surface area contributed by atoms with Gasteiger partial charge in [-0.05, 0) is 23.8 Å². The number of hydrogen-bond donors (Lipinski definition) is 2. The van der Waals surface area contributed by atoms with Crippen LogP contribution in [0.4, 0.5) is 5.69 Å². The van der Waals surface area contributed by atoms with Crippen LogP contribution in [0.3, 0.4) is 0 Å². The first-order valence-electron chi connectivity index (χ1n) is 6.18. The molecule has 4 nitrogen and oxygen atoms in total. The summed E-state index contributed by atoms with van der Waals surface area (Å²) in [6.07, 6.45) is 0. The molecule has 2 rings (SSSR count). The van der Waals surface area contributed by atoms with Crippen molar-refractivity contribution in [1.82, 2.24) is 4.90 Å². The summed E-state index contributed by atoms with van der Waals surface area (Å²) < 4.78 is 0.991. The quantitative estimate of drug-likeness (QED) is 0.668. The van der Waals surface area contributed by atoms with Crippen LogP contribution >= 0.6 is 15.9 Å².